The van der Waals surface area contributed by atoms with Gasteiger partial charge >= 0.3 is 0 Å². The Balaban J connectivity index is 1.17. The highest BCUT2D eigenvalue weighted by atomic mass is 19.1. The van der Waals surface area contributed by atoms with Gasteiger partial charge in [-0.25, -0.2) is 29.3 Å². The standard InChI is InChI=1S/C30H27FN8O2/c1-4-27(40)39-17-5-8-25(39)19(10-17)21-6-7-22-28(36-21)29(34-14-33-22)37-23-9-16(2)26(12-20(23)31)41-18-11-24-30(32-13-18)38(3)15-35-24/h4,6-7,9,11-15,17,19,25H,1,5,8,10H2,2-3H3,(H,33,34,37)/t17-,19+,25+/m1/s1. The Hall–Kier alpha value is -4.93. The molecule has 41 heavy (non-hydrogen) atoms. The molecule has 0 spiro atoms. The number of hydrogen-bond acceptors (Lipinski definition) is 8. The molecular formula is C30H27FN8O2. The topological polar surface area (TPSA) is 111 Å². The highest BCUT2D eigenvalue weighted by Crippen LogP contribution is 2.46. The van der Waals surface area contributed by atoms with Gasteiger partial charge in [0.15, 0.2) is 11.5 Å². The minimum Gasteiger partial charge on any atom is -0.455 e. The van der Waals surface area contributed by atoms with Crippen molar-refractivity contribution >= 4 is 39.6 Å². The van der Waals surface area contributed by atoms with E-state index >= 15 is 4.39 Å². The second-order valence-electron chi connectivity index (χ2n) is 10.6. The Morgan fingerprint density at radius 1 is 1.15 bits per heavy atom. The number of fused-ring (bicyclic) bond motifs is 4. The summed E-state index contributed by atoms with van der Waals surface area (Å²) >= 11 is 0. The van der Waals surface area contributed by atoms with Crippen LogP contribution in [-0.4, -0.2) is 52.4 Å². The van der Waals surface area contributed by atoms with E-state index in [0.29, 0.717) is 33.9 Å². The van der Waals surface area contributed by atoms with Gasteiger partial charge in [-0.3, -0.25) is 4.79 Å². The molecule has 2 fully saturated rings. The van der Waals surface area contributed by atoms with Crippen LogP contribution >= 0.6 is 0 Å². The molecule has 0 aliphatic carbocycles. The van der Waals surface area contributed by atoms with E-state index in [4.69, 9.17) is 9.72 Å². The van der Waals surface area contributed by atoms with Crippen LogP contribution in [0.5, 0.6) is 11.5 Å². The van der Waals surface area contributed by atoms with Crippen molar-refractivity contribution < 1.29 is 13.9 Å². The van der Waals surface area contributed by atoms with Gasteiger partial charge in [-0.1, -0.05) is 6.58 Å². The van der Waals surface area contributed by atoms with Gasteiger partial charge in [-0.05, 0) is 56.0 Å². The summed E-state index contributed by atoms with van der Waals surface area (Å²) in [5.74, 6) is 0.811. The fraction of sp³-hybridized carbons (Fsp3) is 0.267. The van der Waals surface area contributed by atoms with Gasteiger partial charge in [-0.15, -0.1) is 0 Å². The maximum absolute atomic E-state index is 15.4. The predicted molar refractivity (Wildman–Crippen MR) is 152 cm³/mol. The van der Waals surface area contributed by atoms with Crippen LogP contribution in [0.4, 0.5) is 15.9 Å². The van der Waals surface area contributed by atoms with Crippen molar-refractivity contribution in [3.05, 3.63) is 78.9 Å². The Kier molecular flexibility index (Phi) is 5.88. The number of anilines is 2. The summed E-state index contributed by atoms with van der Waals surface area (Å²) < 4.78 is 23.1. The monoisotopic (exact) mass is 550 g/mol. The van der Waals surface area contributed by atoms with E-state index in [-0.39, 0.29) is 29.6 Å². The lowest BCUT2D eigenvalue weighted by molar-refractivity contribution is -0.127. The minimum atomic E-state index is -0.507. The number of imidazole rings is 1. The van der Waals surface area contributed by atoms with Crippen LogP contribution in [0.2, 0.25) is 0 Å². The summed E-state index contributed by atoms with van der Waals surface area (Å²) in [4.78, 5) is 36.8. The summed E-state index contributed by atoms with van der Waals surface area (Å²) in [6, 6.07) is 8.95. The van der Waals surface area contributed by atoms with E-state index in [9.17, 15) is 4.79 Å². The maximum atomic E-state index is 15.4. The highest BCUT2D eigenvalue weighted by molar-refractivity contribution is 5.89. The fourth-order valence-corrected chi connectivity index (χ4v) is 6.19. The van der Waals surface area contributed by atoms with Gasteiger partial charge in [0.25, 0.3) is 0 Å². The zero-order valence-corrected chi connectivity index (χ0v) is 22.6. The van der Waals surface area contributed by atoms with Gasteiger partial charge in [0.05, 0.1) is 23.7 Å². The van der Waals surface area contributed by atoms with Crippen LogP contribution in [0.15, 0.2) is 61.8 Å². The number of ether oxygens (including phenoxy) is 1. The number of halogens is 1. The molecule has 2 aliphatic rings. The van der Waals surface area contributed by atoms with Crippen LogP contribution in [0.3, 0.4) is 0 Å². The molecular weight excluding hydrogens is 523 g/mol. The number of rotatable bonds is 6. The normalized spacial score (nSPS) is 19.7. The molecule has 206 valence electrons. The van der Waals surface area contributed by atoms with Crippen molar-refractivity contribution in [2.75, 3.05) is 5.32 Å². The lowest BCUT2D eigenvalue weighted by Gasteiger charge is -2.23. The van der Waals surface area contributed by atoms with Crippen molar-refractivity contribution in [2.24, 2.45) is 7.05 Å². The second kappa shape index (κ2) is 9.61. The number of amides is 1. The van der Waals surface area contributed by atoms with Crippen LogP contribution in [0, 0.1) is 12.7 Å². The second-order valence-corrected chi connectivity index (χ2v) is 10.6. The maximum Gasteiger partial charge on any atom is 0.246 e. The molecule has 2 saturated heterocycles. The van der Waals surface area contributed by atoms with E-state index in [1.165, 1.54) is 18.5 Å². The first-order valence-electron chi connectivity index (χ1n) is 13.5. The first-order valence-corrected chi connectivity index (χ1v) is 13.5. The Morgan fingerprint density at radius 2 is 2.02 bits per heavy atom. The molecule has 1 amide bonds. The van der Waals surface area contributed by atoms with Gasteiger partial charge in [0.2, 0.25) is 5.91 Å². The zero-order chi connectivity index (χ0) is 28.2. The Labute approximate surface area is 234 Å². The number of carbonyl (C=O) groups excluding carboxylic acids is 1. The molecule has 1 N–H and O–H groups in total. The third-order valence-electron chi connectivity index (χ3n) is 8.12. The lowest BCUT2D eigenvalue weighted by atomic mass is 9.86. The molecule has 2 aliphatic heterocycles. The van der Waals surface area contributed by atoms with Crippen molar-refractivity contribution in [1.82, 2.24) is 34.4 Å². The summed E-state index contributed by atoms with van der Waals surface area (Å²) in [7, 11) is 1.86. The number of benzene rings is 1. The average Bonchev–Trinajstić information content (AvgIpc) is 3.68. The summed E-state index contributed by atoms with van der Waals surface area (Å²) in [5.41, 5.74) is 4.44. The van der Waals surface area contributed by atoms with Crippen LogP contribution < -0.4 is 10.1 Å². The molecule has 0 unspecified atom stereocenters. The largest absolute Gasteiger partial charge is 0.455 e. The van der Waals surface area contributed by atoms with E-state index in [1.54, 1.807) is 24.7 Å². The van der Waals surface area contributed by atoms with E-state index in [2.05, 4.69) is 31.8 Å². The van der Waals surface area contributed by atoms with E-state index in [0.717, 1.165) is 36.2 Å². The van der Waals surface area contributed by atoms with Gasteiger partial charge in [-0.2, -0.15) is 0 Å². The Bertz CT molecular complexity index is 1850. The highest BCUT2D eigenvalue weighted by Gasteiger charge is 2.48. The molecule has 7 rings (SSSR count). The molecule has 5 aromatic rings. The Morgan fingerprint density at radius 3 is 2.88 bits per heavy atom. The van der Waals surface area contributed by atoms with Crippen LogP contribution in [0.25, 0.3) is 22.2 Å². The number of aryl methyl sites for hydroxylation is 2. The SMILES string of the molecule is C=CC(=O)N1[C@@H]2CC[C@H]1[C@H](c1ccc3ncnc(Nc4cc(C)c(Oc5cnc6c(c5)ncn6C)cc4F)c3n1)C2. The summed E-state index contributed by atoms with van der Waals surface area (Å²) in [5, 5.41) is 3.11. The number of aromatic nitrogens is 6. The van der Waals surface area contributed by atoms with Crippen LogP contribution in [0.1, 0.15) is 36.4 Å². The van der Waals surface area contributed by atoms with Crippen molar-refractivity contribution in [2.45, 2.75) is 44.2 Å². The lowest BCUT2D eigenvalue weighted by Crippen LogP contribution is -2.34. The summed E-state index contributed by atoms with van der Waals surface area (Å²) in [6.45, 7) is 5.51. The minimum absolute atomic E-state index is 0.0294. The van der Waals surface area contributed by atoms with Gasteiger partial charge < -0.3 is 19.5 Å². The molecule has 11 heteroatoms. The number of pyridine rings is 2. The molecule has 1 aromatic carbocycles. The molecule has 2 bridgehead atoms. The molecule has 0 saturated carbocycles. The fourth-order valence-electron chi connectivity index (χ4n) is 6.19. The van der Waals surface area contributed by atoms with E-state index < -0.39 is 5.82 Å². The number of carbonyl (C=O) groups is 1. The van der Waals surface area contributed by atoms with E-state index in [1.807, 2.05) is 35.6 Å². The van der Waals surface area contributed by atoms with Crippen molar-refractivity contribution in [3.8, 4) is 11.5 Å². The smallest absolute Gasteiger partial charge is 0.246 e. The van der Waals surface area contributed by atoms with Crippen molar-refractivity contribution in [3.63, 3.8) is 0 Å². The first kappa shape index (κ1) is 25.1. The average molecular weight is 551 g/mol. The first-order chi connectivity index (χ1) is 19.9. The van der Waals surface area contributed by atoms with Gasteiger partial charge in [0, 0.05) is 42.9 Å². The van der Waals surface area contributed by atoms with Gasteiger partial charge in [0.1, 0.15) is 34.7 Å². The molecule has 4 aromatic heterocycles. The molecule has 3 atom stereocenters. The molecule has 0 radical (unpaired) electrons. The number of nitrogens with one attached hydrogen (secondary N) is 1. The third kappa shape index (κ3) is 4.24. The number of hydrogen-bond donors (Lipinski definition) is 1. The summed E-state index contributed by atoms with van der Waals surface area (Å²) in [6.07, 6.45) is 8.88. The zero-order valence-electron chi connectivity index (χ0n) is 22.6. The van der Waals surface area contributed by atoms with Crippen molar-refractivity contribution in [1.29, 1.82) is 0 Å². The molecule has 10 nitrogen and oxygen atoms in total. The predicted octanol–water partition coefficient (Wildman–Crippen LogP) is 5.32. The third-order valence-corrected chi connectivity index (χ3v) is 8.12. The molecule has 6 heterocycles. The van der Waals surface area contributed by atoms with Crippen LogP contribution in [-0.2, 0) is 11.8 Å². The quantitative estimate of drug-likeness (QED) is 0.283. The number of nitrogens with zero attached hydrogens (tertiary/aromatic N) is 7.